The van der Waals surface area contributed by atoms with E-state index in [1.54, 1.807) is 52.5 Å². The van der Waals surface area contributed by atoms with E-state index in [0.29, 0.717) is 78.2 Å². The van der Waals surface area contributed by atoms with E-state index in [9.17, 15) is 28.8 Å². The summed E-state index contributed by atoms with van der Waals surface area (Å²) in [6, 6.07) is 46.1. The Bertz CT molecular complexity index is 4400. The van der Waals surface area contributed by atoms with E-state index in [2.05, 4.69) is 57.7 Å². The maximum absolute atomic E-state index is 13.8. The number of benzene rings is 6. The fourth-order valence-corrected chi connectivity index (χ4v) is 12.0. The van der Waals surface area contributed by atoms with Crippen LogP contribution in [0.25, 0.3) is 21.5 Å². The van der Waals surface area contributed by atoms with Crippen molar-refractivity contribution in [2.24, 2.45) is 0 Å². The fraction of sp³-hybridized carbons (Fsp3) is 0.211. The third-order valence-electron chi connectivity index (χ3n) is 16.1. The van der Waals surface area contributed by atoms with E-state index >= 15 is 0 Å². The Morgan fingerprint density at radius 2 is 1.00 bits per heavy atom. The van der Waals surface area contributed by atoms with Gasteiger partial charge >= 0.3 is 0 Å². The highest BCUT2D eigenvalue weighted by atomic mass is 16.2. The van der Waals surface area contributed by atoms with Crippen LogP contribution in [0.2, 0.25) is 0 Å². The van der Waals surface area contributed by atoms with Crippen LogP contribution in [-0.4, -0.2) is 113 Å². The van der Waals surface area contributed by atoms with Crippen LogP contribution in [0.15, 0.2) is 183 Å². The van der Waals surface area contributed by atoms with Gasteiger partial charge in [-0.25, -0.2) is 0 Å². The quantitative estimate of drug-likeness (QED) is 0.0505. The van der Waals surface area contributed by atoms with Gasteiger partial charge in [-0.3, -0.25) is 38.1 Å². The van der Waals surface area contributed by atoms with Crippen molar-refractivity contribution in [2.45, 2.75) is 65.7 Å². The van der Waals surface area contributed by atoms with E-state index in [4.69, 9.17) is 10.2 Å². The normalized spacial score (nSPS) is 14.4. The number of H-pyrrole nitrogens is 2. The van der Waals surface area contributed by atoms with Gasteiger partial charge in [0.2, 0.25) is 11.8 Å². The van der Waals surface area contributed by atoms with Crippen molar-refractivity contribution in [3.8, 4) is 0 Å². The van der Waals surface area contributed by atoms with Gasteiger partial charge in [0.25, 0.3) is 23.6 Å². The van der Waals surface area contributed by atoms with Crippen molar-refractivity contribution in [3.05, 3.63) is 250 Å². The Labute approximate surface area is 521 Å². The lowest BCUT2D eigenvalue weighted by atomic mass is 9.95. The number of anilines is 4. The van der Waals surface area contributed by atoms with Gasteiger partial charge in [-0.2, -0.15) is 10.2 Å². The second-order valence-corrected chi connectivity index (χ2v) is 23.3. The van der Waals surface area contributed by atoms with Gasteiger partial charge in [0.1, 0.15) is 11.4 Å². The monoisotopic (exact) mass is 1200 g/mol. The van der Waals surface area contributed by atoms with E-state index in [1.165, 1.54) is 6.08 Å². The molecule has 0 fully saturated rings. The standard InChI is InChI=1S/C37H39N7O3.C34H32N6O3/c1-24-9-5-12-28(19-24)40-36(46)34-31-23-43(37(47)32-13-7-17-38-32)21-25(2)35(31)44(41-34)22-27-11-6-10-26-20-29(15-16-30(26)27)39-33(45)14-8-18-42(3)4;1-4-30(41)36-26-13-14-27-23(17-26)9-6-10-24(27)19-40-32-22(3)18-39(34(43)29-12-7-15-35-29)20-28(32)31(38-40)33(42)37-25-11-5-8-21(2)16-25/h5-17,19-20,25,38H,18,21-23H2,1-4H3,(H,39,45)(H,40,46);4-17,22,35H,1,18-20H2,2-3H3,(H,36,41)(H,37,42)/b14-8+;/t25-;22-/m11/s1. The summed E-state index contributed by atoms with van der Waals surface area (Å²) < 4.78 is 3.82. The van der Waals surface area contributed by atoms with E-state index in [1.807, 2.05) is 164 Å². The summed E-state index contributed by atoms with van der Waals surface area (Å²) in [6.07, 6.45) is 8.07. The van der Waals surface area contributed by atoms with Crippen molar-refractivity contribution in [2.75, 3.05) is 55.0 Å². The second kappa shape index (κ2) is 26.6. The molecule has 2 aliphatic rings. The summed E-state index contributed by atoms with van der Waals surface area (Å²) in [5.41, 5.74) is 11.9. The number of hydrogen-bond acceptors (Lipinski definition) is 9. The van der Waals surface area contributed by atoms with Crippen LogP contribution in [0.4, 0.5) is 22.7 Å². The largest absolute Gasteiger partial charge is 0.357 e. The lowest BCUT2D eigenvalue weighted by Gasteiger charge is -2.32. The zero-order chi connectivity index (χ0) is 63.2. The van der Waals surface area contributed by atoms with Crippen LogP contribution in [-0.2, 0) is 35.8 Å². The van der Waals surface area contributed by atoms with Gasteiger partial charge in [-0.05, 0) is 151 Å². The molecule has 0 unspecified atom stereocenters. The van der Waals surface area contributed by atoms with Gasteiger partial charge in [0.15, 0.2) is 11.4 Å². The first kappa shape index (κ1) is 60.8. The summed E-state index contributed by atoms with van der Waals surface area (Å²) in [5, 5.41) is 25.5. The van der Waals surface area contributed by atoms with Gasteiger partial charge in [0.05, 0.1) is 26.2 Å². The highest BCUT2D eigenvalue weighted by Crippen LogP contribution is 2.36. The smallest absolute Gasteiger partial charge is 0.276 e. The molecule has 6 heterocycles. The van der Waals surface area contributed by atoms with Gasteiger partial charge in [0, 0.05) is 95.2 Å². The van der Waals surface area contributed by atoms with Crippen LogP contribution in [0.3, 0.4) is 0 Å². The lowest BCUT2D eigenvalue weighted by molar-refractivity contribution is -0.112. The first-order valence-corrected chi connectivity index (χ1v) is 29.9. The third kappa shape index (κ3) is 13.6. The summed E-state index contributed by atoms with van der Waals surface area (Å²) in [5.74, 6) is -1.45. The molecule has 0 saturated carbocycles. The Morgan fingerprint density at radius 1 is 0.556 bits per heavy atom. The number of aromatic amines is 2. The molecule has 6 N–H and O–H groups in total. The Hall–Kier alpha value is -10.9. The van der Waals surface area contributed by atoms with Crippen LogP contribution < -0.4 is 21.3 Å². The Morgan fingerprint density at radius 3 is 1.42 bits per heavy atom. The van der Waals surface area contributed by atoms with Gasteiger partial charge in [-0.15, -0.1) is 0 Å². The van der Waals surface area contributed by atoms with E-state index in [-0.39, 0.29) is 60.4 Å². The topological polar surface area (TPSA) is 227 Å². The highest BCUT2D eigenvalue weighted by molar-refractivity contribution is 6.06. The molecule has 12 rings (SSSR count). The zero-order valence-corrected chi connectivity index (χ0v) is 51.1. The van der Waals surface area contributed by atoms with Crippen molar-refractivity contribution in [1.82, 2.24) is 44.2 Å². The molecule has 0 radical (unpaired) electrons. The number of fused-ring (bicyclic) bond motifs is 4. The number of aryl methyl sites for hydroxylation is 2. The number of carbonyl (C=O) groups is 6. The van der Waals surface area contributed by atoms with E-state index in [0.717, 1.165) is 66.3 Å². The molecule has 10 aromatic rings. The number of rotatable bonds is 16. The first-order valence-electron chi connectivity index (χ1n) is 29.9. The molecular weight excluding hydrogens is 1130 g/mol. The molecule has 456 valence electrons. The number of likely N-dealkylation sites (N-methyl/N-ethyl adjacent to an activating group) is 1. The Balaban J connectivity index is 0.000000186. The summed E-state index contributed by atoms with van der Waals surface area (Å²) in [4.78, 5) is 90.0. The van der Waals surface area contributed by atoms with Crippen molar-refractivity contribution in [3.63, 3.8) is 0 Å². The van der Waals surface area contributed by atoms with Crippen LogP contribution in [0.5, 0.6) is 0 Å². The predicted molar refractivity (Wildman–Crippen MR) is 352 cm³/mol. The molecule has 2 atom stereocenters. The average Bonchev–Trinajstić information content (AvgIpc) is 2.32. The maximum atomic E-state index is 13.8. The predicted octanol–water partition coefficient (Wildman–Crippen LogP) is 11.6. The van der Waals surface area contributed by atoms with E-state index < -0.39 is 0 Å². The molecule has 19 nitrogen and oxygen atoms in total. The SMILES string of the molecule is C=CC(=O)Nc1ccc2c(Cn3nc(C(=O)Nc4cccc(C)c4)c4c3[C@H](C)CN(C(=O)c3ccc[nH]3)C4)cccc2c1.Cc1cccc(NC(=O)c2nn(Cc3cccc4cc(NC(=O)/C=C/CN(C)C)ccc34)c3c2CN(C(=O)c2ccc[nH]2)C[C@H]3C)c1. The van der Waals surface area contributed by atoms with Crippen molar-refractivity contribution in [1.29, 1.82) is 0 Å². The second-order valence-electron chi connectivity index (χ2n) is 23.3. The molecule has 19 heteroatoms. The maximum Gasteiger partial charge on any atom is 0.276 e. The molecule has 0 aliphatic carbocycles. The minimum absolute atomic E-state index is 0.0635. The molecule has 0 spiro atoms. The minimum Gasteiger partial charge on any atom is -0.357 e. The van der Waals surface area contributed by atoms with Crippen LogP contribution in [0.1, 0.15) is 112 Å². The van der Waals surface area contributed by atoms with Crippen molar-refractivity contribution >= 4 is 79.7 Å². The number of nitrogens with zero attached hydrogens (tertiary/aromatic N) is 7. The fourth-order valence-electron chi connectivity index (χ4n) is 12.0. The molecule has 2 aliphatic heterocycles. The van der Waals surface area contributed by atoms with Gasteiger partial charge < -0.3 is 45.9 Å². The number of carbonyl (C=O) groups excluding carboxylic acids is 6. The summed E-state index contributed by atoms with van der Waals surface area (Å²) in [6.45, 7) is 14.7. The van der Waals surface area contributed by atoms with Crippen molar-refractivity contribution < 1.29 is 28.8 Å². The number of hydrogen-bond donors (Lipinski definition) is 6. The molecule has 90 heavy (non-hydrogen) atoms. The average molecular weight is 1200 g/mol. The zero-order valence-electron chi connectivity index (χ0n) is 51.1. The first-order chi connectivity index (χ1) is 43.5. The Kier molecular flexibility index (Phi) is 18.0. The minimum atomic E-state index is -0.317. The summed E-state index contributed by atoms with van der Waals surface area (Å²) >= 11 is 0. The van der Waals surface area contributed by atoms with Gasteiger partial charge in [-0.1, -0.05) is 99.3 Å². The molecular formula is C71H71N13O6. The van der Waals surface area contributed by atoms with Crippen LogP contribution >= 0.6 is 0 Å². The van der Waals surface area contributed by atoms with Crippen LogP contribution in [0, 0.1) is 13.8 Å². The molecule has 6 aromatic carbocycles. The molecule has 0 saturated heterocycles. The number of amides is 6. The highest BCUT2D eigenvalue weighted by Gasteiger charge is 2.37. The lowest BCUT2D eigenvalue weighted by Crippen LogP contribution is -2.38. The summed E-state index contributed by atoms with van der Waals surface area (Å²) in [7, 11) is 3.90. The molecule has 0 bridgehead atoms. The molecule has 4 aromatic heterocycles. The number of aromatic nitrogens is 6. The number of nitrogens with one attached hydrogen (secondary N) is 6. The third-order valence-corrected chi connectivity index (χ3v) is 16.1. The molecule has 6 amide bonds.